The van der Waals surface area contributed by atoms with Crippen LogP contribution in [0.1, 0.15) is 48.5 Å². The van der Waals surface area contributed by atoms with E-state index in [1.807, 2.05) is 27.7 Å². The molecule has 9 heteroatoms. The van der Waals surface area contributed by atoms with Crippen LogP contribution in [0.2, 0.25) is 0 Å². The van der Waals surface area contributed by atoms with Gasteiger partial charge in [0.25, 0.3) is 0 Å². The monoisotopic (exact) mass is 406 g/mol. The Morgan fingerprint density at radius 3 is 2.10 bits per heavy atom. The first-order valence-corrected chi connectivity index (χ1v) is 9.50. The molecule has 2 rings (SSSR count). The Morgan fingerprint density at radius 1 is 1.07 bits per heavy atom. The fraction of sp³-hybridized carbons (Fsp3) is 0.600. The van der Waals surface area contributed by atoms with Crippen molar-refractivity contribution in [1.29, 1.82) is 0 Å². The highest BCUT2D eigenvalue weighted by Gasteiger charge is 2.52. The molecule has 0 aromatic heterocycles. The predicted molar refractivity (Wildman–Crippen MR) is 112 cm³/mol. The molecule has 29 heavy (non-hydrogen) atoms. The third kappa shape index (κ3) is 5.64. The maximum Gasteiger partial charge on any atom is 0.497 e. The van der Waals surface area contributed by atoms with E-state index in [1.165, 1.54) is 4.90 Å². The first-order valence-electron chi connectivity index (χ1n) is 9.50. The Balaban J connectivity index is 2.38. The Labute approximate surface area is 173 Å². The van der Waals surface area contributed by atoms with Gasteiger partial charge in [0.15, 0.2) is 0 Å². The number of nitrogens with zero attached hydrogens (tertiary/aromatic N) is 1. The number of hydrogen-bond donors (Lipinski definition) is 1. The van der Waals surface area contributed by atoms with E-state index in [2.05, 4.69) is 5.32 Å². The molecule has 1 aromatic carbocycles. The number of carbonyl (C=O) groups is 2. The highest BCUT2D eigenvalue weighted by Crippen LogP contribution is 2.37. The quantitative estimate of drug-likeness (QED) is 0.775. The molecule has 1 aromatic rings. The summed E-state index contributed by atoms with van der Waals surface area (Å²) in [4.78, 5) is 25.5. The summed E-state index contributed by atoms with van der Waals surface area (Å²) in [5, 5.41) is 2.73. The Morgan fingerprint density at radius 2 is 1.62 bits per heavy atom. The summed E-state index contributed by atoms with van der Waals surface area (Å²) in [6.07, 6.45) is -1.12. The molecule has 0 spiro atoms. The van der Waals surface area contributed by atoms with Crippen molar-refractivity contribution in [2.24, 2.45) is 0 Å². The standard InChI is InChI=1S/C20H31BN2O6/c1-18(2,3)27-16(24)22-15-11-10-13(26-17(25)23(8)9)12-14(15)21-28-19(4,5)20(6,7)29-21/h10-12H,1-9H3,(H,22,24). The average Bonchev–Trinajstić information content (AvgIpc) is 2.74. The van der Waals surface area contributed by atoms with Crippen LogP contribution in [0.15, 0.2) is 18.2 Å². The molecule has 1 aliphatic heterocycles. The van der Waals surface area contributed by atoms with Crippen LogP contribution in [0, 0.1) is 0 Å². The zero-order valence-corrected chi connectivity index (χ0v) is 18.7. The van der Waals surface area contributed by atoms with Crippen LogP contribution in [0.3, 0.4) is 0 Å². The average molecular weight is 406 g/mol. The van der Waals surface area contributed by atoms with Gasteiger partial charge in [-0.1, -0.05) is 0 Å². The van der Waals surface area contributed by atoms with E-state index in [4.69, 9.17) is 18.8 Å². The van der Waals surface area contributed by atoms with Crippen molar-refractivity contribution in [3.05, 3.63) is 18.2 Å². The Hall–Kier alpha value is -2.26. The molecule has 0 aliphatic carbocycles. The van der Waals surface area contributed by atoms with Gasteiger partial charge < -0.3 is 23.7 Å². The van der Waals surface area contributed by atoms with Gasteiger partial charge in [-0.2, -0.15) is 0 Å². The van der Waals surface area contributed by atoms with E-state index in [1.54, 1.807) is 53.1 Å². The molecule has 8 nitrogen and oxygen atoms in total. The number of rotatable bonds is 3. The molecule has 0 unspecified atom stereocenters. The minimum absolute atomic E-state index is 0.308. The molecular formula is C20H31BN2O6. The van der Waals surface area contributed by atoms with Gasteiger partial charge in [-0.15, -0.1) is 0 Å². The van der Waals surface area contributed by atoms with E-state index < -0.39 is 36.1 Å². The summed E-state index contributed by atoms with van der Waals surface area (Å²) in [7, 11) is 2.43. The van der Waals surface area contributed by atoms with E-state index in [0.29, 0.717) is 16.9 Å². The second-order valence-electron chi connectivity index (χ2n) is 9.23. The van der Waals surface area contributed by atoms with Gasteiger partial charge in [0.2, 0.25) is 0 Å². The summed E-state index contributed by atoms with van der Waals surface area (Å²) < 4.78 is 22.9. The van der Waals surface area contributed by atoms with Gasteiger partial charge in [0.1, 0.15) is 11.4 Å². The van der Waals surface area contributed by atoms with Crippen molar-refractivity contribution in [1.82, 2.24) is 4.90 Å². The zero-order valence-electron chi connectivity index (χ0n) is 18.7. The summed E-state index contributed by atoms with van der Waals surface area (Å²) in [5.74, 6) is 0.308. The normalized spacial score (nSPS) is 17.6. The summed E-state index contributed by atoms with van der Waals surface area (Å²) in [6.45, 7) is 13.1. The fourth-order valence-corrected chi connectivity index (χ4v) is 2.49. The Bertz CT molecular complexity index is 770. The third-order valence-electron chi connectivity index (χ3n) is 4.74. The molecule has 1 fully saturated rings. The molecule has 1 saturated heterocycles. The topological polar surface area (TPSA) is 86.3 Å². The molecule has 0 atom stereocenters. The van der Waals surface area contributed by atoms with E-state index in [-0.39, 0.29) is 0 Å². The molecule has 160 valence electrons. The largest absolute Gasteiger partial charge is 0.497 e. The Kier molecular flexibility index (Phi) is 6.25. The molecular weight excluding hydrogens is 375 g/mol. The van der Waals surface area contributed by atoms with Gasteiger partial charge in [-0.05, 0) is 66.7 Å². The van der Waals surface area contributed by atoms with Crippen molar-refractivity contribution in [3.8, 4) is 5.75 Å². The number of ether oxygens (including phenoxy) is 2. The van der Waals surface area contributed by atoms with E-state index >= 15 is 0 Å². The van der Waals surface area contributed by atoms with Crippen molar-refractivity contribution >= 4 is 30.5 Å². The van der Waals surface area contributed by atoms with Crippen LogP contribution >= 0.6 is 0 Å². The van der Waals surface area contributed by atoms with Crippen LogP contribution < -0.4 is 15.5 Å². The van der Waals surface area contributed by atoms with Crippen molar-refractivity contribution in [2.75, 3.05) is 19.4 Å². The molecule has 2 amide bonds. The maximum absolute atomic E-state index is 12.3. The number of carbonyl (C=O) groups excluding carboxylic acids is 2. The van der Waals surface area contributed by atoms with Crippen molar-refractivity contribution < 1.29 is 28.4 Å². The molecule has 0 radical (unpaired) electrons. The van der Waals surface area contributed by atoms with Crippen LogP contribution in [-0.4, -0.2) is 55.1 Å². The molecule has 1 aliphatic rings. The minimum Gasteiger partial charge on any atom is -0.444 e. The number of amides is 2. The van der Waals surface area contributed by atoms with Crippen LogP contribution in [0.5, 0.6) is 5.75 Å². The smallest absolute Gasteiger partial charge is 0.444 e. The third-order valence-corrected chi connectivity index (χ3v) is 4.74. The highest BCUT2D eigenvalue weighted by atomic mass is 16.7. The first-order chi connectivity index (χ1) is 13.1. The molecule has 1 N–H and O–H groups in total. The van der Waals surface area contributed by atoms with Crippen LogP contribution in [0.4, 0.5) is 15.3 Å². The summed E-state index contributed by atoms with van der Waals surface area (Å²) in [6, 6.07) is 4.83. The first kappa shape index (κ1) is 23.0. The van der Waals surface area contributed by atoms with Crippen LogP contribution in [0.25, 0.3) is 0 Å². The lowest BCUT2D eigenvalue weighted by Gasteiger charge is -2.32. The number of benzene rings is 1. The van der Waals surface area contributed by atoms with Gasteiger partial charge in [-0.3, -0.25) is 5.32 Å². The van der Waals surface area contributed by atoms with Gasteiger partial charge in [0, 0.05) is 25.2 Å². The number of nitrogens with one attached hydrogen (secondary N) is 1. The lowest BCUT2D eigenvalue weighted by atomic mass is 9.77. The number of hydrogen-bond acceptors (Lipinski definition) is 6. The van der Waals surface area contributed by atoms with Gasteiger partial charge in [-0.25, -0.2) is 9.59 Å². The minimum atomic E-state index is -0.761. The van der Waals surface area contributed by atoms with E-state index in [0.717, 1.165) is 0 Å². The van der Waals surface area contributed by atoms with Crippen molar-refractivity contribution in [3.63, 3.8) is 0 Å². The molecule has 0 saturated carbocycles. The zero-order chi connectivity index (χ0) is 22.2. The van der Waals surface area contributed by atoms with Crippen LogP contribution in [-0.2, 0) is 14.0 Å². The number of anilines is 1. The molecule has 1 heterocycles. The summed E-state index contributed by atoms with van der Waals surface area (Å²) in [5.41, 5.74) is -0.814. The second-order valence-corrected chi connectivity index (χ2v) is 9.23. The van der Waals surface area contributed by atoms with E-state index in [9.17, 15) is 9.59 Å². The SMILES string of the molecule is CN(C)C(=O)Oc1ccc(NC(=O)OC(C)(C)C)c(B2OC(C)(C)C(C)(C)O2)c1. The highest BCUT2D eigenvalue weighted by molar-refractivity contribution is 6.64. The predicted octanol–water partition coefficient (Wildman–Crippen LogP) is 3.39. The van der Waals surface area contributed by atoms with Crippen molar-refractivity contribution in [2.45, 2.75) is 65.3 Å². The lowest BCUT2D eigenvalue weighted by Crippen LogP contribution is -2.41. The lowest BCUT2D eigenvalue weighted by molar-refractivity contribution is 0.00578. The van der Waals surface area contributed by atoms with Gasteiger partial charge >= 0.3 is 19.3 Å². The second kappa shape index (κ2) is 7.87. The summed E-state index contributed by atoms with van der Waals surface area (Å²) >= 11 is 0. The fourth-order valence-electron chi connectivity index (χ4n) is 2.49. The molecule has 0 bridgehead atoms. The van der Waals surface area contributed by atoms with Gasteiger partial charge in [0.05, 0.1) is 11.2 Å². The maximum atomic E-state index is 12.3.